The van der Waals surface area contributed by atoms with Gasteiger partial charge in [-0.25, -0.2) is 14.7 Å². The van der Waals surface area contributed by atoms with Crippen molar-refractivity contribution in [2.75, 3.05) is 33.1 Å². The van der Waals surface area contributed by atoms with Crippen LogP contribution >= 0.6 is 11.3 Å². The predicted octanol–water partition coefficient (Wildman–Crippen LogP) is 3.56. The molecule has 214 valence electrons. The van der Waals surface area contributed by atoms with Gasteiger partial charge in [0.15, 0.2) is 17.5 Å². The molecule has 3 aromatic rings. The first-order chi connectivity index (χ1) is 19.5. The highest BCUT2D eigenvalue weighted by Crippen LogP contribution is 2.36. The fourth-order valence-electron chi connectivity index (χ4n) is 4.49. The van der Waals surface area contributed by atoms with Gasteiger partial charge in [0.1, 0.15) is 23.5 Å². The number of nitrogens with one attached hydrogen (secondary N) is 1. The molecule has 1 saturated heterocycles. The van der Waals surface area contributed by atoms with Crippen molar-refractivity contribution in [1.82, 2.24) is 19.7 Å². The SMILES string of the molecule is CC(=O)c1csc(NC(=O)[C@H]([C@@H](C)c2ccccc2)N2C(=O)[C@@H](c3ccc(OCC(=O)N(C)C)cc3)N(C)C2=O)n1. The maximum absolute atomic E-state index is 13.9. The molecule has 1 fully saturated rings. The number of hydrogen-bond acceptors (Lipinski definition) is 8. The van der Waals surface area contributed by atoms with E-state index in [-0.39, 0.29) is 29.1 Å². The van der Waals surface area contributed by atoms with E-state index in [0.29, 0.717) is 11.3 Å². The zero-order valence-electron chi connectivity index (χ0n) is 23.4. The first-order valence-corrected chi connectivity index (χ1v) is 13.7. The number of likely N-dealkylation sites (N-methyl/N-ethyl adjacent to an activating group) is 2. The second kappa shape index (κ2) is 12.3. The predicted molar refractivity (Wildman–Crippen MR) is 153 cm³/mol. The summed E-state index contributed by atoms with van der Waals surface area (Å²) in [5, 5.41) is 4.43. The van der Waals surface area contributed by atoms with E-state index in [1.54, 1.807) is 45.3 Å². The molecular formula is C29H31N5O6S. The van der Waals surface area contributed by atoms with E-state index >= 15 is 0 Å². The molecular weight excluding hydrogens is 546 g/mol. The summed E-state index contributed by atoms with van der Waals surface area (Å²) in [6.07, 6.45) is 0. The van der Waals surface area contributed by atoms with Crippen LogP contribution in [-0.4, -0.2) is 83.0 Å². The Morgan fingerprint density at radius 3 is 2.32 bits per heavy atom. The lowest BCUT2D eigenvalue weighted by molar-refractivity contribution is -0.135. The van der Waals surface area contributed by atoms with Crippen molar-refractivity contribution in [3.8, 4) is 5.75 Å². The van der Waals surface area contributed by atoms with Gasteiger partial charge in [0.25, 0.3) is 11.8 Å². The van der Waals surface area contributed by atoms with Crippen molar-refractivity contribution in [3.63, 3.8) is 0 Å². The summed E-state index contributed by atoms with van der Waals surface area (Å²) >= 11 is 1.08. The number of anilines is 1. The van der Waals surface area contributed by atoms with E-state index in [4.69, 9.17) is 4.74 Å². The molecule has 0 radical (unpaired) electrons. The van der Waals surface area contributed by atoms with Crippen molar-refractivity contribution < 1.29 is 28.7 Å². The van der Waals surface area contributed by atoms with Crippen LogP contribution in [0.5, 0.6) is 5.75 Å². The number of amides is 5. The normalized spacial score (nSPS) is 16.4. The Labute approximate surface area is 241 Å². The lowest BCUT2D eigenvalue weighted by Gasteiger charge is -2.30. The van der Waals surface area contributed by atoms with Crippen LogP contribution in [0, 0.1) is 0 Å². The molecule has 2 aromatic carbocycles. The number of thiazole rings is 1. The molecule has 12 heteroatoms. The number of nitrogens with zero attached hydrogens (tertiary/aromatic N) is 4. The molecule has 0 unspecified atom stereocenters. The number of imide groups is 1. The van der Waals surface area contributed by atoms with E-state index in [9.17, 15) is 24.0 Å². The fraction of sp³-hybridized carbons (Fsp3) is 0.310. The lowest BCUT2D eigenvalue weighted by atomic mass is 9.91. The van der Waals surface area contributed by atoms with E-state index in [0.717, 1.165) is 21.8 Å². The Morgan fingerprint density at radius 2 is 1.73 bits per heavy atom. The molecule has 1 aliphatic rings. The minimum Gasteiger partial charge on any atom is -0.484 e. The van der Waals surface area contributed by atoms with Gasteiger partial charge in [-0.1, -0.05) is 49.4 Å². The average molecular weight is 578 g/mol. The van der Waals surface area contributed by atoms with Crippen LogP contribution in [0.4, 0.5) is 9.93 Å². The lowest BCUT2D eigenvalue weighted by Crippen LogP contribution is -2.50. The maximum Gasteiger partial charge on any atom is 0.328 e. The summed E-state index contributed by atoms with van der Waals surface area (Å²) in [6.45, 7) is 3.01. The number of Topliss-reactive ketones (excluding diaryl/α,β-unsaturated/α-hetero) is 1. The summed E-state index contributed by atoms with van der Waals surface area (Å²) in [4.78, 5) is 72.5. The number of rotatable bonds is 10. The topological polar surface area (TPSA) is 129 Å². The van der Waals surface area contributed by atoms with Gasteiger partial charge in [0, 0.05) is 39.4 Å². The van der Waals surface area contributed by atoms with Gasteiger partial charge >= 0.3 is 6.03 Å². The second-order valence-electron chi connectivity index (χ2n) is 9.88. The molecule has 1 N–H and O–H groups in total. The molecule has 1 aliphatic heterocycles. The van der Waals surface area contributed by atoms with Crippen LogP contribution in [0.3, 0.4) is 0 Å². The summed E-state index contributed by atoms with van der Waals surface area (Å²) in [5.41, 5.74) is 1.50. The van der Waals surface area contributed by atoms with Crippen LogP contribution in [0.1, 0.15) is 47.4 Å². The van der Waals surface area contributed by atoms with E-state index in [2.05, 4.69) is 10.3 Å². The first kappa shape index (κ1) is 29.4. The highest BCUT2D eigenvalue weighted by Gasteiger charge is 2.50. The minimum atomic E-state index is -1.20. The number of carbonyl (C=O) groups is 5. The van der Waals surface area contributed by atoms with Gasteiger partial charge < -0.3 is 19.9 Å². The van der Waals surface area contributed by atoms with Crippen LogP contribution in [0.2, 0.25) is 0 Å². The third-order valence-electron chi connectivity index (χ3n) is 6.86. The molecule has 5 amide bonds. The van der Waals surface area contributed by atoms with Gasteiger partial charge in [0.2, 0.25) is 5.91 Å². The van der Waals surface area contributed by atoms with E-state index in [1.165, 1.54) is 29.2 Å². The van der Waals surface area contributed by atoms with Crippen molar-refractivity contribution in [2.24, 2.45) is 0 Å². The molecule has 11 nitrogen and oxygen atoms in total. The number of ether oxygens (including phenoxy) is 1. The zero-order valence-corrected chi connectivity index (χ0v) is 24.2. The molecule has 0 bridgehead atoms. The summed E-state index contributed by atoms with van der Waals surface area (Å²) in [7, 11) is 4.77. The number of ketones is 1. The number of benzene rings is 2. The Balaban J connectivity index is 1.62. The average Bonchev–Trinajstić information content (AvgIpc) is 3.51. The number of carbonyl (C=O) groups excluding carboxylic acids is 5. The number of aromatic nitrogens is 1. The number of urea groups is 1. The molecule has 4 rings (SSSR count). The van der Waals surface area contributed by atoms with Crippen LogP contribution in [0.15, 0.2) is 60.0 Å². The van der Waals surface area contributed by atoms with Crippen LogP contribution in [-0.2, 0) is 14.4 Å². The van der Waals surface area contributed by atoms with Crippen molar-refractivity contribution in [2.45, 2.75) is 31.8 Å². The quantitative estimate of drug-likeness (QED) is 0.288. The van der Waals surface area contributed by atoms with Gasteiger partial charge in [0.05, 0.1) is 0 Å². The Morgan fingerprint density at radius 1 is 1.07 bits per heavy atom. The summed E-state index contributed by atoms with van der Waals surface area (Å²) in [5.74, 6) is -1.73. The van der Waals surface area contributed by atoms with Gasteiger partial charge in [-0.05, 0) is 23.3 Å². The maximum atomic E-state index is 13.9. The van der Waals surface area contributed by atoms with Crippen LogP contribution < -0.4 is 10.1 Å². The smallest absolute Gasteiger partial charge is 0.328 e. The molecule has 2 heterocycles. The minimum absolute atomic E-state index is 0.137. The molecule has 0 saturated carbocycles. The third-order valence-corrected chi connectivity index (χ3v) is 7.62. The highest BCUT2D eigenvalue weighted by atomic mass is 32.1. The third kappa shape index (κ3) is 6.27. The Hall–Kier alpha value is -4.58. The molecule has 0 aliphatic carbocycles. The van der Waals surface area contributed by atoms with Crippen molar-refractivity contribution >= 4 is 46.0 Å². The van der Waals surface area contributed by atoms with Crippen LogP contribution in [0.25, 0.3) is 0 Å². The van der Waals surface area contributed by atoms with Gasteiger partial charge in [-0.2, -0.15) is 0 Å². The van der Waals surface area contributed by atoms with Crippen molar-refractivity contribution in [3.05, 3.63) is 76.8 Å². The van der Waals surface area contributed by atoms with E-state index in [1.807, 2.05) is 30.3 Å². The monoisotopic (exact) mass is 577 g/mol. The molecule has 41 heavy (non-hydrogen) atoms. The first-order valence-electron chi connectivity index (χ1n) is 12.8. The van der Waals surface area contributed by atoms with Gasteiger partial charge in [-0.3, -0.25) is 19.2 Å². The Bertz CT molecular complexity index is 1460. The summed E-state index contributed by atoms with van der Waals surface area (Å²) < 4.78 is 5.52. The Kier molecular flexibility index (Phi) is 8.82. The zero-order chi connectivity index (χ0) is 29.8. The second-order valence-corrected chi connectivity index (χ2v) is 10.7. The largest absolute Gasteiger partial charge is 0.484 e. The molecule has 1 aromatic heterocycles. The highest BCUT2D eigenvalue weighted by molar-refractivity contribution is 7.14. The fourth-order valence-corrected chi connectivity index (χ4v) is 5.25. The number of hydrogen-bond donors (Lipinski definition) is 1. The van der Waals surface area contributed by atoms with E-state index < -0.39 is 35.8 Å². The summed E-state index contributed by atoms with van der Waals surface area (Å²) in [6, 6.07) is 12.9. The van der Waals surface area contributed by atoms with Crippen molar-refractivity contribution in [1.29, 1.82) is 0 Å². The van der Waals surface area contributed by atoms with Gasteiger partial charge in [-0.15, -0.1) is 11.3 Å². The molecule has 0 spiro atoms. The molecule has 3 atom stereocenters. The standard InChI is InChI=1S/C29H31N5O6S/c1-17(19-9-7-6-8-10-19)24(26(37)31-28-30-22(16-41-28)18(2)35)34-27(38)25(33(5)29(34)39)20-11-13-21(14-12-20)40-15-23(36)32(3)4/h6-14,16-17,24-25H,15H2,1-5H3,(H,30,31,37)/t17-,24-,25+/m0/s1.